The molecule has 52 heavy (non-hydrogen) atoms. The summed E-state index contributed by atoms with van der Waals surface area (Å²) in [6, 6.07) is 21.3. The number of hydrogen-bond donors (Lipinski definition) is 0. The second kappa shape index (κ2) is 18.5. The van der Waals surface area contributed by atoms with Crippen LogP contribution >= 0.6 is 27.3 Å². The summed E-state index contributed by atoms with van der Waals surface area (Å²) >= 11 is -0.346. The van der Waals surface area contributed by atoms with E-state index < -0.39 is 0 Å². The number of halogens is 2. The molecular weight excluding hydrogens is 783 g/mol. The second-order valence-electron chi connectivity index (χ2n) is 16.5. The van der Waals surface area contributed by atoms with Crippen molar-refractivity contribution in [2.24, 2.45) is 0 Å². The molecule has 3 saturated carbocycles. The van der Waals surface area contributed by atoms with Crippen molar-refractivity contribution in [2.45, 2.75) is 154 Å². The Labute approximate surface area is 333 Å². The van der Waals surface area contributed by atoms with Gasteiger partial charge in [0.05, 0.1) is 5.16 Å². The van der Waals surface area contributed by atoms with Crippen LogP contribution in [-0.4, -0.2) is 35.7 Å². The number of nitrogens with zero attached hydrogens (tertiary/aromatic N) is 2. The summed E-state index contributed by atoms with van der Waals surface area (Å²) in [6.07, 6.45) is 22.8. The van der Waals surface area contributed by atoms with Crippen molar-refractivity contribution in [1.82, 2.24) is 0 Å². The van der Waals surface area contributed by atoms with Gasteiger partial charge in [0.15, 0.2) is 0 Å². The van der Waals surface area contributed by atoms with Gasteiger partial charge >= 0.3 is 34.5 Å². The van der Waals surface area contributed by atoms with E-state index >= 15 is 0 Å². The Balaban J connectivity index is 0.00000150. The van der Waals surface area contributed by atoms with Crippen LogP contribution in [0.1, 0.15) is 129 Å². The molecule has 6 heteroatoms. The summed E-state index contributed by atoms with van der Waals surface area (Å²) in [5.74, 6) is 0. The first-order valence-electron chi connectivity index (χ1n) is 20.3. The summed E-state index contributed by atoms with van der Waals surface area (Å²) in [4.78, 5) is 5.99. The number of aryl methyl sites for hydroxylation is 6. The number of hydrogen-bond acceptors (Lipinski definition) is 2. The van der Waals surface area contributed by atoms with E-state index in [4.69, 9.17) is 19.4 Å². The molecule has 0 radical (unpaired) electrons. The Morgan fingerprint density at radius 3 is 1.52 bits per heavy atom. The van der Waals surface area contributed by atoms with Gasteiger partial charge in [0.2, 0.25) is 0 Å². The van der Waals surface area contributed by atoms with Crippen molar-refractivity contribution in [2.75, 3.05) is 22.9 Å². The van der Waals surface area contributed by atoms with Gasteiger partial charge in [-0.3, -0.25) is 0 Å². The molecule has 7 rings (SSSR count). The monoisotopic (exact) mass is 846 g/mol. The molecule has 4 aliphatic rings. The Bertz CT molecular complexity index is 1530. The van der Waals surface area contributed by atoms with Crippen LogP contribution in [0.5, 0.6) is 0 Å². The third-order valence-electron chi connectivity index (χ3n) is 12.8. The predicted octanol–water partition coefficient (Wildman–Crippen LogP) is 14.1. The molecule has 4 fully saturated rings. The Morgan fingerprint density at radius 1 is 0.635 bits per heavy atom. The number of anilines is 2. The molecule has 1 atom stereocenters. The molecule has 0 spiro atoms. The third kappa shape index (κ3) is 8.55. The quantitative estimate of drug-likeness (QED) is 0.173. The molecule has 284 valence electrons. The van der Waals surface area contributed by atoms with Gasteiger partial charge in [0.25, 0.3) is 0 Å². The minimum atomic E-state index is -0.346. The maximum atomic E-state index is 4.85. The minimum absolute atomic E-state index is 0.150. The van der Waals surface area contributed by atoms with Crippen LogP contribution in [0.3, 0.4) is 0 Å². The predicted molar refractivity (Wildman–Crippen MR) is 228 cm³/mol. The van der Waals surface area contributed by atoms with Gasteiger partial charge in [-0.15, -0.1) is 0 Å². The van der Waals surface area contributed by atoms with Crippen molar-refractivity contribution >= 4 is 44.8 Å². The Morgan fingerprint density at radius 2 is 1.08 bits per heavy atom. The van der Waals surface area contributed by atoms with E-state index in [-0.39, 0.29) is 28.2 Å². The van der Waals surface area contributed by atoms with E-state index in [1.165, 1.54) is 140 Å². The zero-order valence-electron chi connectivity index (χ0n) is 32.8. The SMILES string of the molecule is Cc1cc(C)c(N2CCN(c3c(C)cc(C)cc3C)C2C2(P(C3CCCCC3)C3CCCCC3)CCCCC2=Cc2ccccc2)c(C)c1.[Cl][Ru][Cl]. The first kappa shape index (κ1) is 40.3. The van der Waals surface area contributed by atoms with Gasteiger partial charge < -0.3 is 9.80 Å². The van der Waals surface area contributed by atoms with Crippen LogP contribution < -0.4 is 9.80 Å². The molecular formula is C46H63Cl2N2PRu. The molecule has 1 unspecified atom stereocenters. The Hall–Kier alpha value is -1.37. The summed E-state index contributed by atoms with van der Waals surface area (Å²) in [5, 5.41) is 0.150. The average molecular weight is 847 g/mol. The van der Waals surface area contributed by atoms with E-state index in [1.54, 1.807) is 5.57 Å². The molecule has 0 aromatic heterocycles. The Kier molecular flexibility index (Phi) is 14.3. The maximum absolute atomic E-state index is 4.85. The fourth-order valence-corrected chi connectivity index (χ4v) is 16.5. The number of benzene rings is 3. The zero-order chi connectivity index (χ0) is 36.8. The van der Waals surface area contributed by atoms with Gasteiger partial charge in [-0.2, -0.15) is 0 Å². The van der Waals surface area contributed by atoms with Gasteiger partial charge in [-0.05, 0) is 126 Å². The fourth-order valence-electron chi connectivity index (χ4n) is 11.3. The van der Waals surface area contributed by atoms with Crippen LogP contribution in [0.15, 0.2) is 60.2 Å². The first-order valence-corrected chi connectivity index (χ1v) is 26.2. The van der Waals surface area contributed by atoms with Crippen LogP contribution in [0.25, 0.3) is 6.08 Å². The molecule has 3 aliphatic carbocycles. The second-order valence-corrected chi connectivity index (χ2v) is 22.2. The normalized spacial score (nSPS) is 23.1. The van der Waals surface area contributed by atoms with Crippen LogP contribution in [0.4, 0.5) is 11.4 Å². The van der Waals surface area contributed by atoms with Gasteiger partial charge in [0.1, 0.15) is 6.17 Å². The molecule has 0 bridgehead atoms. The van der Waals surface area contributed by atoms with E-state index in [0.717, 1.165) is 24.4 Å². The summed E-state index contributed by atoms with van der Waals surface area (Å²) in [6.45, 7) is 16.4. The molecule has 3 aromatic rings. The van der Waals surface area contributed by atoms with Crippen molar-refractivity contribution in [1.29, 1.82) is 0 Å². The topological polar surface area (TPSA) is 6.48 Å². The molecule has 0 N–H and O–H groups in total. The molecule has 0 amide bonds. The van der Waals surface area contributed by atoms with Crippen LogP contribution in [0, 0.1) is 41.5 Å². The van der Waals surface area contributed by atoms with E-state index in [0.29, 0.717) is 6.17 Å². The van der Waals surface area contributed by atoms with Gasteiger partial charge in [-0.1, -0.05) is 130 Å². The van der Waals surface area contributed by atoms with E-state index in [9.17, 15) is 0 Å². The average Bonchev–Trinajstić information content (AvgIpc) is 3.54. The molecule has 3 aromatic carbocycles. The summed E-state index contributed by atoms with van der Waals surface area (Å²) < 4.78 is 0. The molecule has 1 heterocycles. The molecule has 2 nitrogen and oxygen atoms in total. The fraction of sp³-hybridized carbons (Fsp3) is 0.565. The van der Waals surface area contributed by atoms with E-state index in [1.807, 2.05) is 0 Å². The van der Waals surface area contributed by atoms with Gasteiger partial charge in [-0.25, -0.2) is 0 Å². The van der Waals surface area contributed by atoms with Crippen molar-refractivity contribution < 1.29 is 15.1 Å². The summed E-state index contributed by atoms with van der Waals surface area (Å²) in [7, 11) is 9.43. The third-order valence-corrected chi connectivity index (χ3v) is 17.1. The zero-order valence-corrected chi connectivity index (χ0v) is 36.9. The summed E-state index contributed by atoms with van der Waals surface area (Å²) in [5.41, 5.74) is 16.6. The molecule has 1 saturated heterocycles. The van der Waals surface area contributed by atoms with Crippen molar-refractivity contribution in [3.8, 4) is 0 Å². The standard InChI is InChI=1S/C46H63N2P.2ClH.Ru/c1-33-28-35(3)43(36(4)29-33)47-26-27-48(44-37(5)30-34(2)31-38(44)6)45(47)46(25-17-16-20-40(46)32-39-18-10-7-11-19-39)49(41-21-12-8-13-22-41)42-23-14-9-15-24-42;;;/h7,10-11,18-19,28-32,41-42,45H,8-9,12-17,20-27H2,1-6H3;2*1H;/q;;;+2/p-2. The number of rotatable bonds is 7. The molecule has 1 aliphatic heterocycles. The van der Waals surface area contributed by atoms with Crippen molar-refractivity contribution in [3.63, 3.8) is 0 Å². The van der Waals surface area contributed by atoms with Gasteiger partial charge in [0, 0.05) is 24.5 Å². The van der Waals surface area contributed by atoms with Crippen molar-refractivity contribution in [3.05, 3.63) is 99.1 Å². The first-order chi connectivity index (χ1) is 25.2. The van der Waals surface area contributed by atoms with Crippen LogP contribution in [-0.2, 0) is 15.1 Å². The van der Waals surface area contributed by atoms with Crippen LogP contribution in [0.2, 0.25) is 0 Å². The van der Waals surface area contributed by atoms with E-state index in [2.05, 4.69) is 112 Å².